The number of carbonyl (C=O) groups is 1. The van der Waals surface area contributed by atoms with Crippen molar-refractivity contribution in [3.8, 4) is 0 Å². The number of rotatable bonds is 6. The summed E-state index contributed by atoms with van der Waals surface area (Å²) in [6.07, 6.45) is 0.977. The van der Waals surface area contributed by atoms with E-state index >= 15 is 0 Å². The SMILES string of the molecule is CN(Cc1ccccc1)C(=O)NCCCN1CCOCC1. The van der Waals surface area contributed by atoms with Crippen molar-refractivity contribution in [3.63, 3.8) is 0 Å². The molecule has 5 nitrogen and oxygen atoms in total. The van der Waals surface area contributed by atoms with Gasteiger partial charge in [-0.15, -0.1) is 0 Å². The van der Waals surface area contributed by atoms with E-state index in [4.69, 9.17) is 4.74 Å². The quantitative estimate of drug-likeness (QED) is 0.809. The zero-order valence-electron chi connectivity index (χ0n) is 12.8. The Bertz CT molecular complexity index is 419. The van der Waals surface area contributed by atoms with E-state index < -0.39 is 0 Å². The molecule has 21 heavy (non-hydrogen) atoms. The number of ether oxygens (including phenoxy) is 1. The number of carbonyl (C=O) groups excluding carboxylic acids is 1. The zero-order chi connectivity index (χ0) is 14.9. The van der Waals surface area contributed by atoms with Crippen molar-refractivity contribution in [2.24, 2.45) is 0 Å². The van der Waals surface area contributed by atoms with E-state index in [1.807, 2.05) is 37.4 Å². The van der Waals surface area contributed by atoms with Crippen molar-refractivity contribution < 1.29 is 9.53 Å². The highest BCUT2D eigenvalue weighted by atomic mass is 16.5. The normalized spacial score (nSPS) is 15.7. The fraction of sp³-hybridized carbons (Fsp3) is 0.562. The van der Waals surface area contributed by atoms with Gasteiger partial charge < -0.3 is 15.0 Å². The lowest BCUT2D eigenvalue weighted by Crippen LogP contribution is -2.40. The first kappa shape index (κ1) is 15.8. The Hall–Kier alpha value is -1.59. The maximum absolute atomic E-state index is 12.0. The molecule has 1 fully saturated rings. The molecule has 1 N–H and O–H groups in total. The summed E-state index contributed by atoms with van der Waals surface area (Å²) in [6.45, 7) is 6.03. The fourth-order valence-corrected chi connectivity index (χ4v) is 2.39. The van der Waals surface area contributed by atoms with Crippen molar-refractivity contribution in [1.29, 1.82) is 0 Å². The van der Waals surface area contributed by atoms with Crippen LogP contribution in [0, 0.1) is 0 Å². The second-order valence-corrected chi connectivity index (χ2v) is 5.38. The predicted octanol–water partition coefficient (Wildman–Crippen LogP) is 1.55. The van der Waals surface area contributed by atoms with Crippen LogP contribution in [-0.2, 0) is 11.3 Å². The summed E-state index contributed by atoms with van der Waals surface area (Å²) < 4.78 is 5.31. The Morgan fingerprint density at radius 3 is 2.71 bits per heavy atom. The Balaban J connectivity index is 1.60. The van der Waals surface area contributed by atoms with Gasteiger partial charge in [-0.2, -0.15) is 0 Å². The largest absolute Gasteiger partial charge is 0.379 e. The van der Waals surface area contributed by atoms with Crippen molar-refractivity contribution in [3.05, 3.63) is 35.9 Å². The third kappa shape index (κ3) is 5.73. The van der Waals surface area contributed by atoms with Crippen LogP contribution in [0.4, 0.5) is 4.79 Å². The number of hydrogen-bond acceptors (Lipinski definition) is 3. The third-order valence-corrected chi connectivity index (χ3v) is 3.64. The number of amides is 2. The van der Waals surface area contributed by atoms with Gasteiger partial charge in [0.05, 0.1) is 13.2 Å². The van der Waals surface area contributed by atoms with E-state index in [-0.39, 0.29) is 6.03 Å². The summed E-state index contributed by atoms with van der Waals surface area (Å²) in [6, 6.07) is 10.0. The standard InChI is InChI=1S/C16H25N3O2/c1-18(14-15-6-3-2-4-7-15)16(20)17-8-5-9-19-10-12-21-13-11-19/h2-4,6-7H,5,8-14H2,1H3,(H,17,20). The Labute approximate surface area is 126 Å². The van der Waals surface area contributed by atoms with Gasteiger partial charge in [-0.3, -0.25) is 4.90 Å². The third-order valence-electron chi connectivity index (χ3n) is 3.64. The van der Waals surface area contributed by atoms with Gasteiger partial charge >= 0.3 is 6.03 Å². The van der Waals surface area contributed by atoms with E-state index in [0.29, 0.717) is 6.54 Å². The number of nitrogens with one attached hydrogen (secondary N) is 1. The van der Waals surface area contributed by atoms with Crippen LogP contribution in [0.15, 0.2) is 30.3 Å². The van der Waals surface area contributed by atoms with Gasteiger partial charge in [0.15, 0.2) is 0 Å². The van der Waals surface area contributed by atoms with Crippen LogP contribution in [0.25, 0.3) is 0 Å². The van der Waals surface area contributed by atoms with Crippen LogP contribution in [0.5, 0.6) is 0 Å². The Morgan fingerprint density at radius 2 is 2.00 bits per heavy atom. The molecule has 0 saturated carbocycles. The van der Waals surface area contributed by atoms with Crippen molar-refractivity contribution in [2.75, 3.05) is 46.4 Å². The monoisotopic (exact) mass is 291 g/mol. The summed E-state index contributed by atoms with van der Waals surface area (Å²) >= 11 is 0. The molecule has 0 aromatic heterocycles. The van der Waals surface area contributed by atoms with E-state index in [9.17, 15) is 4.79 Å². The molecule has 0 unspecified atom stereocenters. The molecule has 1 aromatic rings. The van der Waals surface area contributed by atoms with Gasteiger partial charge in [-0.1, -0.05) is 30.3 Å². The predicted molar refractivity (Wildman–Crippen MR) is 83.2 cm³/mol. The lowest BCUT2D eigenvalue weighted by molar-refractivity contribution is 0.0375. The number of nitrogens with zero attached hydrogens (tertiary/aromatic N) is 2. The highest BCUT2D eigenvalue weighted by molar-refractivity contribution is 5.73. The number of urea groups is 1. The molecule has 2 rings (SSSR count). The average molecular weight is 291 g/mol. The maximum atomic E-state index is 12.0. The minimum absolute atomic E-state index is 0.0131. The maximum Gasteiger partial charge on any atom is 0.317 e. The van der Waals surface area contributed by atoms with Crippen molar-refractivity contribution in [2.45, 2.75) is 13.0 Å². The molecule has 1 saturated heterocycles. The van der Waals surface area contributed by atoms with Crippen LogP contribution < -0.4 is 5.32 Å². The van der Waals surface area contributed by atoms with Gasteiger partial charge in [0.1, 0.15) is 0 Å². The van der Waals surface area contributed by atoms with E-state index in [1.165, 1.54) is 0 Å². The number of benzene rings is 1. The van der Waals surface area contributed by atoms with Crippen LogP contribution >= 0.6 is 0 Å². The topological polar surface area (TPSA) is 44.8 Å². The first-order valence-corrected chi connectivity index (χ1v) is 7.58. The number of morpholine rings is 1. The van der Waals surface area contributed by atoms with Gasteiger partial charge in [0, 0.05) is 33.2 Å². The van der Waals surface area contributed by atoms with Gasteiger partial charge in [-0.25, -0.2) is 4.79 Å². The lowest BCUT2D eigenvalue weighted by atomic mass is 10.2. The molecule has 0 atom stereocenters. The van der Waals surface area contributed by atoms with Crippen LogP contribution in [-0.4, -0.2) is 62.3 Å². The Kier molecular flexibility index (Phi) is 6.50. The second kappa shape index (κ2) is 8.64. The average Bonchev–Trinajstić information content (AvgIpc) is 2.53. The summed E-state index contributed by atoms with van der Waals surface area (Å²) in [7, 11) is 1.82. The van der Waals surface area contributed by atoms with Crippen molar-refractivity contribution in [1.82, 2.24) is 15.1 Å². The molecule has 0 radical (unpaired) electrons. The zero-order valence-corrected chi connectivity index (χ0v) is 12.8. The first-order valence-electron chi connectivity index (χ1n) is 7.58. The molecule has 0 spiro atoms. The number of hydrogen-bond donors (Lipinski definition) is 1. The molecule has 1 aliphatic heterocycles. The molecule has 0 aliphatic carbocycles. The van der Waals surface area contributed by atoms with Crippen LogP contribution in [0.1, 0.15) is 12.0 Å². The van der Waals surface area contributed by atoms with Crippen molar-refractivity contribution >= 4 is 6.03 Å². The smallest absolute Gasteiger partial charge is 0.317 e. The van der Waals surface area contributed by atoms with Crippen LogP contribution in [0.2, 0.25) is 0 Å². The molecular weight excluding hydrogens is 266 g/mol. The van der Waals surface area contributed by atoms with E-state index in [1.54, 1.807) is 4.90 Å². The van der Waals surface area contributed by atoms with Gasteiger partial charge in [0.2, 0.25) is 0 Å². The minimum Gasteiger partial charge on any atom is -0.379 e. The highest BCUT2D eigenvalue weighted by Gasteiger charge is 2.11. The molecule has 1 heterocycles. The summed E-state index contributed by atoms with van der Waals surface area (Å²) in [5, 5.41) is 2.97. The lowest BCUT2D eigenvalue weighted by Gasteiger charge is -2.26. The molecule has 1 aromatic carbocycles. The minimum atomic E-state index is -0.0131. The van der Waals surface area contributed by atoms with E-state index in [0.717, 1.165) is 51.4 Å². The summed E-state index contributed by atoms with van der Waals surface area (Å²) in [5.74, 6) is 0. The second-order valence-electron chi connectivity index (χ2n) is 5.38. The van der Waals surface area contributed by atoms with Gasteiger partial charge in [-0.05, 0) is 18.5 Å². The summed E-state index contributed by atoms with van der Waals surface area (Å²) in [4.78, 5) is 16.1. The van der Waals surface area contributed by atoms with Crippen LogP contribution in [0.3, 0.4) is 0 Å². The fourth-order valence-electron chi connectivity index (χ4n) is 2.39. The van der Waals surface area contributed by atoms with E-state index in [2.05, 4.69) is 10.2 Å². The highest BCUT2D eigenvalue weighted by Crippen LogP contribution is 2.02. The molecule has 1 aliphatic rings. The molecule has 5 heteroatoms. The molecule has 116 valence electrons. The molecule has 0 bridgehead atoms. The molecular formula is C16H25N3O2. The first-order chi connectivity index (χ1) is 10.3. The molecule has 2 amide bonds. The van der Waals surface area contributed by atoms with Gasteiger partial charge in [0.25, 0.3) is 0 Å². The summed E-state index contributed by atoms with van der Waals surface area (Å²) in [5.41, 5.74) is 1.14. The Morgan fingerprint density at radius 1 is 1.29 bits per heavy atom.